The number of nitrogens with one attached hydrogen (secondary N) is 3. The second-order valence-corrected chi connectivity index (χ2v) is 14.1. The first kappa shape index (κ1) is 47.2. The van der Waals surface area contributed by atoms with Gasteiger partial charge in [0.05, 0.1) is 65.1 Å². The smallest absolute Gasteiger partial charge is 0.303 e. The van der Waals surface area contributed by atoms with Crippen molar-refractivity contribution in [3.05, 3.63) is 71.3 Å². The highest BCUT2D eigenvalue weighted by molar-refractivity contribution is 5.97. The number of hydrogen-bond acceptors (Lipinski definition) is 10. The largest absolute Gasteiger partial charge is 0.481 e. The summed E-state index contributed by atoms with van der Waals surface area (Å²) in [5, 5.41) is 16.8. The molecule has 3 atom stereocenters. The van der Waals surface area contributed by atoms with Crippen LogP contribution >= 0.6 is 0 Å². The zero-order chi connectivity index (χ0) is 42.3. The molecule has 5 amide bonds. The van der Waals surface area contributed by atoms with Crippen molar-refractivity contribution in [3.8, 4) is 0 Å². The molecule has 1 heterocycles. The van der Waals surface area contributed by atoms with Crippen molar-refractivity contribution < 1.29 is 52.8 Å². The molecule has 318 valence electrons. The molecule has 0 saturated heterocycles. The van der Waals surface area contributed by atoms with Crippen LogP contribution in [0.5, 0.6) is 0 Å². The Bertz CT molecular complexity index is 1680. The van der Waals surface area contributed by atoms with Gasteiger partial charge in [0, 0.05) is 32.2 Å². The molecule has 1 aliphatic rings. The highest BCUT2D eigenvalue weighted by Gasteiger charge is 2.28. The lowest BCUT2D eigenvalue weighted by atomic mass is 9.95. The first-order chi connectivity index (χ1) is 27.9. The fraction of sp³-hybridized carbons (Fsp3) is 0.524. The number of para-hydroxylation sites is 1. The van der Waals surface area contributed by atoms with Crippen LogP contribution in [0.3, 0.4) is 0 Å². The number of anilines is 1. The van der Waals surface area contributed by atoms with Gasteiger partial charge in [-0.2, -0.15) is 0 Å². The molecule has 0 spiro atoms. The number of primary amides is 1. The lowest BCUT2D eigenvalue weighted by Gasteiger charge is -2.25. The number of hydrogen-bond donors (Lipinski definition) is 5. The fourth-order valence-electron chi connectivity index (χ4n) is 6.08. The first-order valence-corrected chi connectivity index (χ1v) is 19.7. The van der Waals surface area contributed by atoms with Gasteiger partial charge in [0.15, 0.2) is 0 Å². The fourth-order valence-corrected chi connectivity index (χ4v) is 6.08. The molecule has 0 saturated carbocycles. The van der Waals surface area contributed by atoms with Crippen molar-refractivity contribution in [1.82, 2.24) is 16.0 Å². The normalized spacial score (nSPS) is 15.1. The molecule has 16 heteroatoms. The maximum atomic E-state index is 13.5. The van der Waals surface area contributed by atoms with E-state index in [1.54, 1.807) is 18.7 Å². The van der Waals surface area contributed by atoms with E-state index in [0.29, 0.717) is 46.1 Å². The van der Waals surface area contributed by atoms with E-state index >= 15 is 0 Å². The van der Waals surface area contributed by atoms with Crippen LogP contribution in [0.15, 0.2) is 54.6 Å². The number of carbonyl (C=O) groups excluding carboxylic acids is 5. The van der Waals surface area contributed by atoms with Crippen LogP contribution in [0.4, 0.5) is 5.69 Å². The number of carbonyl (C=O) groups is 6. The number of nitrogens with two attached hydrogens (primary N) is 1. The highest BCUT2D eigenvalue weighted by Crippen LogP contribution is 2.31. The SMILES string of the molecule is CC1/C=C\c2ccccc2N(C(=O)CCC(=O)NCCOCCOCCOCCOCCC(=O)N[C@H](CCC(=O)O)C(=O)N[C@H](C(N)=O)C(C)C)Cc2ccccc21. The quantitative estimate of drug-likeness (QED) is 0.0869. The molecular weight excluding hydrogens is 750 g/mol. The van der Waals surface area contributed by atoms with Crippen LogP contribution in [0.25, 0.3) is 6.08 Å². The number of rotatable bonds is 26. The summed E-state index contributed by atoms with van der Waals surface area (Å²) < 4.78 is 21.9. The number of ether oxygens (including phenoxy) is 4. The molecule has 0 aromatic heterocycles. The Kier molecular flexibility index (Phi) is 21.1. The van der Waals surface area contributed by atoms with E-state index in [0.717, 1.165) is 16.8 Å². The molecule has 0 aliphatic carbocycles. The second kappa shape index (κ2) is 26.0. The Morgan fingerprint density at radius 3 is 2.05 bits per heavy atom. The summed E-state index contributed by atoms with van der Waals surface area (Å²) in [6.07, 6.45) is 3.74. The molecule has 2 aromatic rings. The Hall–Kier alpha value is -5.16. The number of carboxylic acid groups (broad SMARTS) is 1. The summed E-state index contributed by atoms with van der Waals surface area (Å²) >= 11 is 0. The van der Waals surface area contributed by atoms with Crippen LogP contribution < -0.4 is 26.6 Å². The average Bonchev–Trinajstić information content (AvgIpc) is 3.25. The second-order valence-electron chi connectivity index (χ2n) is 14.1. The average molecular weight is 810 g/mol. The third-order valence-corrected chi connectivity index (χ3v) is 9.26. The van der Waals surface area contributed by atoms with Crippen molar-refractivity contribution in [3.63, 3.8) is 0 Å². The molecule has 1 aliphatic heterocycles. The summed E-state index contributed by atoms with van der Waals surface area (Å²) in [6.45, 7) is 8.37. The molecular formula is C42H59N5O11. The van der Waals surface area contributed by atoms with E-state index in [2.05, 4.69) is 41.1 Å². The summed E-state index contributed by atoms with van der Waals surface area (Å²) in [5.74, 6) is -3.53. The van der Waals surface area contributed by atoms with Gasteiger partial charge in [-0.3, -0.25) is 28.8 Å². The van der Waals surface area contributed by atoms with Gasteiger partial charge in [0.25, 0.3) is 0 Å². The summed E-state index contributed by atoms with van der Waals surface area (Å²) in [6, 6.07) is 13.8. The van der Waals surface area contributed by atoms with E-state index in [9.17, 15) is 28.8 Å². The minimum Gasteiger partial charge on any atom is -0.481 e. The topological polar surface area (TPSA) is 225 Å². The van der Waals surface area contributed by atoms with Crippen LogP contribution in [0.1, 0.15) is 75.5 Å². The number of fused-ring (bicyclic) bond motifs is 2. The maximum Gasteiger partial charge on any atom is 0.303 e. The van der Waals surface area contributed by atoms with Crippen LogP contribution in [0, 0.1) is 5.92 Å². The molecule has 1 unspecified atom stereocenters. The monoisotopic (exact) mass is 809 g/mol. The van der Waals surface area contributed by atoms with Crippen molar-refractivity contribution in [2.75, 3.05) is 64.3 Å². The van der Waals surface area contributed by atoms with Crippen molar-refractivity contribution in [1.29, 1.82) is 0 Å². The number of nitrogens with zero attached hydrogens (tertiary/aromatic N) is 1. The van der Waals surface area contributed by atoms with Gasteiger partial charge in [-0.25, -0.2) is 0 Å². The maximum absolute atomic E-state index is 13.5. The van der Waals surface area contributed by atoms with Crippen molar-refractivity contribution in [2.24, 2.45) is 11.7 Å². The van der Waals surface area contributed by atoms with Gasteiger partial charge in [-0.15, -0.1) is 0 Å². The van der Waals surface area contributed by atoms with E-state index in [4.69, 9.17) is 29.8 Å². The van der Waals surface area contributed by atoms with Gasteiger partial charge >= 0.3 is 5.97 Å². The van der Waals surface area contributed by atoms with E-state index in [1.165, 1.54) is 5.56 Å². The number of aliphatic carboxylic acids is 1. The van der Waals surface area contributed by atoms with Gasteiger partial charge < -0.3 is 50.6 Å². The Morgan fingerprint density at radius 1 is 0.776 bits per heavy atom. The molecule has 6 N–H and O–H groups in total. The summed E-state index contributed by atoms with van der Waals surface area (Å²) in [7, 11) is 0. The number of allylic oxidation sites excluding steroid dienone is 1. The number of benzene rings is 2. The van der Waals surface area contributed by atoms with E-state index in [-0.39, 0.29) is 75.6 Å². The third kappa shape index (κ3) is 17.1. The minimum atomic E-state index is -1.15. The zero-order valence-electron chi connectivity index (χ0n) is 33.7. The highest BCUT2D eigenvalue weighted by atomic mass is 16.6. The number of carboxylic acids is 1. The molecule has 2 aromatic carbocycles. The molecule has 0 bridgehead atoms. The van der Waals surface area contributed by atoms with Gasteiger partial charge in [0.1, 0.15) is 12.1 Å². The minimum absolute atomic E-state index is 0.0469. The predicted octanol–water partition coefficient (Wildman–Crippen LogP) is 2.68. The Morgan fingerprint density at radius 2 is 1.40 bits per heavy atom. The molecule has 3 rings (SSSR count). The lowest BCUT2D eigenvalue weighted by Crippen LogP contribution is -2.54. The first-order valence-electron chi connectivity index (χ1n) is 19.7. The van der Waals surface area contributed by atoms with E-state index in [1.807, 2.05) is 42.5 Å². The summed E-state index contributed by atoms with van der Waals surface area (Å²) in [4.78, 5) is 75.6. The lowest BCUT2D eigenvalue weighted by molar-refractivity contribution is -0.138. The summed E-state index contributed by atoms with van der Waals surface area (Å²) in [5.41, 5.74) is 9.36. The molecule has 58 heavy (non-hydrogen) atoms. The third-order valence-electron chi connectivity index (χ3n) is 9.26. The van der Waals surface area contributed by atoms with Gasteiger partial charge in [-0.05, 0) is 41.0 Å². The van der Waals surface area contributed by atoms with Crippen LogP contribution in [-0.4, -0.2) is 112 Å². The molecule has 0 fully saturated rings. The Balaban J connectivity index is 1.21. The van der Waals surface area contributed by atoms with Gasteiger partial charge in [0.2, 0.25) is 29.5 Å². The molecule has 16 nitrogen and oxygen atoms in total. The van der Waals surface area contributed by atoms with Crippen molar-refractivity contribution in [2.45, 2.75) is 77.4 Å². The zero-order valence-corrected chi connectivity index (χ0v) is 33.7. The standard InChI is InChI=1S/C42H59N5O11/c1-29(2)40(41(43)53)46-42(54)34(14-17-39(51)52)45-37(49)18-20-55-22-24-57-26-27-58-25-23-56-21-19-44-36(48)15-16-38(50)47-28-32-9-4-6-10-33(32)30(3)12-13-31-8-5-7-11-35(31)47/h4-13,29-30,34,40H,14-28H2,1-3H3,(H2,43,53)(H,44,48)(H,45,49)(H,46,54)(H,51,52)/b13-12-/t30?,34-,40+/m1/s1. The van der Waals surface area contributed by atoms with Crippen LogP contribution in [0.2, 0.25) is 0 Å². The van der Waals surface area contributed by atoms with Gasteiger partial charge in [-0.1, -0.05) is 75.4 Å². The van der Waals surface area contributed by atoms with Crippen molar-refractivity contribution >= 4 is 47.3 Å². The number of amides is 5. The van der Waals surface area contributed by atoms with Crippen LogP contribution in [-0.2, 0) is 54.3 Å². The molecule has 0 radical (unpaired) electrons. The van der Waals surface area contributed by atoms with E-state index < -0.39 is 35.8 Å². The predicted molar refractivity (Wildman–Crippen MR) is 216 cm³/mol. The Labute approximate surface area is 340 Å².